The first-order chi connectivity index (χ1) is 9.47. The van der Waals surface area contributed by atoms with Crippen molar-refractivity contribution in [3.05, 3.63) is 67.4 Å². The molecular weight excluding hydrogens is 351 g/mol. The van der Waals surface area contributed by atoms with Crippen molar-refractivity contribution < 1.29 is 9.31 Å². The van der Waals surface area contributed by atoms with Gasteiger partial charge in [0, 0.05) is 22.8 Å². The van der Waals surface area contributed by atoms with Gasteiger partial charge in [0.1, 0.15) is 0 Å². The van der Waals surface area contributed by atoms with Crippen LogP contribution in [0.5, 0.6) is 0 Å². The molecule has 0 atom stereocenters. The van der Waals surface area contributed by atoms with E-state index in [0.29, 0.717) is 17.1 Å². The van der Waals surface area contributed by atoms with Crippen LogP contribution in [0.2, 0.25) is 5.02 Å². The van der Waals surface area contributed by atoms with Gasteiger partial charge in [-0.1, -0.05) is 17.7 Å². The summed E-state index contributed by atoms with van der Waals surface area (Å²) in [7, 11) is 0. The SMILES string of the molecule is O=[N+]([O-])c1ccc(CNc2ccc(Cl)c(Br)c2)cc1F. The molecule has 0 radical (unpaired) electrons. The maximum Gasteiger partial charge on any atom is 0.304 e. The maximum absolute atomic E-state index is 13.4. The molecule has 0 aromatic heterocycles. The van der Waals surface area contributed by atoms with Gasteiger partial charge in [0.05, 0.1) is 9.95 Å². The van der Waals surface area contributed by atoms with Crippen molar-refractivity contribution in [2.75, 3.05) is 5.32 Å². The highest BCUT2D eigenvalue weighted by atomic mass is 79.9. The van der Waals surface area contributed by atoms with Gasteiger partial charge in [-0.05, 0) is 45.8 Å². The average Bonchev–Trinajstić information content (AvgIpc) is 2.40. The van der Waals surface area contributed by atoms with Gasteiger partial charge in [0.25, 0.3) is 0 Å². The summed E-state index contributed by atoms with van der Waals surface area (Å²) in [6.45, 7) is 0.350. The fourth-order valence-corrected chi connectivity index (χ4v) is 2.11. The van der Waals surface area contributed by atoms with Crippen LogP contribution in [0.3, 0.4) is 0 Å². The molecule has 0 aliphatic rings. The van der Waals surface area contributed by atoms with Crippen LogP contribution in [0.4, 0.5) is 15.8 Å². The first-order valence-corrected chi connectivity index (χ1v) is 6.76. The van der Waals surface area contributed by atoms with Crippen LogP contribution in [-0.4, -0.2) is 4.92 Å². The van der Waals surface area contributed by atoms with Gasteiger partial charge >= 0.3 is 5.69 Å². The number of benzene rings is 2. The van der Waals surface area contributed by atoms with E-state index in [1.165, 1.54) is 6.07 Å². The predicted molar refractivity (Wildman–Crippen MR) is 79.5 cm³/mol. The predicted octanol–water partition coefficient (Wildman–Crippen LogP) is 4.76. The Labute approximate surface area is 127 Å². The van der Waals surface area contributed by atoms with Gasteiger partial charge in [-0.2, -0.15) is 4.39 Å². The number of hydrogen-bond acceptors (Lipinski definition) is 3. The van der Waals surface area contributed by atoms with E-state index in [2.05, 4.69) is 21.2 Å². The van der Waals surface area contributed by atoms with Crippen molar-refractivity contribution in [3.8, 4) is 0 Å². The molecule has 0 heterocycles. The van der Waals surface area contributed by atoms with Gasteiger partial charge < -0.3 is 5.32 Å². The molecule has 0 saturated carbocycles. The van der Waals surface area contributed by atoms with Gasteiger partial charge in [0.15, 0.2) is 0 Å². The molecular formula is C13H9BrClFN2O2. The minimum absolute atomic E-state index is 0.350. The highest BCUT2D eigenvalue weighted by molar-refractivity contribution is 9.10. The molecule has 104 valence electrons. The second-order valence-corrected chi connectivity index (χ2v) is 5.29. The van der Waals surface area contributed by atoms with E-state index in [1.54, 1.807) is 18.2 Å². The number of nitrogens with one attached hydrogen (secondary N) is 1. The van der Waals surface area contributed by atoms with E-state index < -0.39 is 16.4 Å². The zero-order chi connectivity index (χ0) is 14.7. The third-order valence-electron chi connectivity index (χ3n) is 2.63. The molecule has 1 N–H and O–H groups in total. The molecule has 2 aromatic rings. The molecule has 2 rings (SSSR count). The average molecular weight is 360 g/mol. The van der Waals surface area contributed by atoms with E-state index >= 15 is 0 Å². The van der Waals surface area contributed by atoms with E-state index in [9.17, 15) is 14.5 Å². The summed E-state index contributed by atoms with van der Waals surface area (Å²) in [5.41, 5.74) is 0.891. The number of nitro groups is 1. The summed E-state index contributed by atoms with van der Waals surface area (Å²) < 4.78 is 14.2. The summed E-state index contributed by atoms with van der Waals surface area (Å²) >= 11 is 9.18. The molecule has 0 spiro atoms. The van der Waals surface area contributed by atoms with Crippen LogP contribution in [0.25, 0.3) is 0 Å². The molecule has 0 bridgehead atoms. The summed E-state index contributed by atoms with van der Waals surface area (Å²) in [5.74, 6) is -0.841. The molecule has 0 aliphatic carbocycles. The molecule has 20 heavy (non-hydrogen) atoms. The number of halogens is 3. The first-order valence-electron chi connectivity index (χ1n) is 5.59. The van der Waals surface area contributed by atoms with Gasteiger partial charge in [-0.3, -0.25) is 10.1 Å². The summed E-state index contributed by atoms with van der Waals surface area (Å²) in [5, 5.41) is 14.2. The van der Waals surface area contributed by atoms with Crippen molar-refractivity contribution in [3.63, 3.8) is 0 Å². The second kappa shape index (κ2) is 6.19. The van der Waals surface area contributed by atoms with Crippen molar-refractivity contribution in [2.24, 2.45) is 0 Å². The molecule has 0 fully saturated rings. The Morgan fingerprint density at radius 3 is 2.65 bits per heavy atom. The van der Waals surface area contributed by atoms with Crippen LogP contribution in [0.15, 0.2) is 40.9 Å². The molecule has 0 unspecified atom stereocenters. The largest absolute Gasteiger partial charge is 0.381 e. The van der Waals surface area contributed by atoms with Gasteiger partial charge in [-0.25, -0.2) is 0 Å². The lowest BCUT2D eigenvalue weighted by atomic mass is 10.2. The number of anilines is 1. The van der Waals surface area contributed by atoms with E-state index in [1.807, 2.05) is 0 Å². The van der Waals surface area contributed by atoms with Crippen molar-refractivity contribution in [1.29, 1.82) is 0 Å². The van der Waals surface area contributed by atoms with E-state index in [0.717, 1.165) is 22.3 Å². The normalized spacial score (nSPS) is 10.3. The van der Waals surface area contributed by atoms with Gasteiger partial charge in [-0.15, -0.1) is 0 Å². The van der Waals surface area contributed by atoms with Crippen molar-refractivity contribution in [1.82, 2.24) is 0 Å². The Morgan fingerprint density at radius 2 is 2.05 bits per heavy atom. The molecule has 7 heteroatoms. The Hall–Kier alpha value is -1.66. The topological polar surface area (TPSA) is 55.2 Å². The number of rotatable bonds is 4. The number of nitrogens with zero attached hydrogens (tertiary/aromatic N) is 1. The summed E-state index contributed by atoms with van der Waals surface area (Å²) in [4.78, 5) is 9.77. The molecule has 0 saturated heterocycles. The summed E-state index contributed by atoms with van der Waals surface area (Å²) in [6, 6.07) is 9.13. The zero-order valence-corrected chi connectivity index (χ0v) is 12.4. The molecule has 2 aromatic carbocycles. The Bertz CT molecular complexity index is 667. The van der Waals surface area contributed by atoms with E-state index in [-0.39, 0.29) is 0 Å². The fourth-order valence-electron chi connectivity index (χ4n) is 1.62. The Kier molecular flexibility index (Phi) is 4.57. The van der Waals surface area contributed by atoms with Crippen molar-refractivity contribution in [2.45, 2.75) is 6.54 Å². The minimum atomic E-state index is -0.841. The lowest BCUT2D eigenvalue weighted by molar-refractivity contribution is -0.387. The van der Waals surface area contributed by atoms with Gasteiger partial charge in [0.2, 0.25) is 5.82 Å². The molecule has 0 aliphatic heterocycles. The monoisotopic (exact) mass is 358 g/mol. The van der Waals surface area contributed by atoms with Crippen molar-refractivity contribution >= 4 is 38.9 Å². The van der Waals surface area contributed by atoms with Crippen LogP contribution in [-0.2, 0) is 6.54 Å². The maximum atomic E-state index is 13.4. The number of hydrogen-bond donors (Lipinski definition) is 1. The van der Waals surface area contributed by atoms with Crippen LogP contribution >= 0.6 is 27.5 Å². The smallest absolute Gasteiger partial charge is 0.304 e. The lowest BCUT2D eigenvalue weighted by Crippen LogP contribution is -2.01. The van der Waals surface area contributed by atoms with Crippen LogP contribution < -0.4 is 5.32 Å². The second-order valence-electron chi connectivity index (χ2n) is 4.03. The van der Waals surface area contributed by atoms with E-state index in [4.69, 9.17) is 11.6 Å². The van der Waals surface area contributed by atoms with Crippen LogP contribution in [0, 0.1) is 15.9 Å². The highest BCUT2D eigenvalue weighted by Crippen LogP contribution is 2.26. The molecule has 4 nitrogen and oxygen atoms in total. The van der Waals surface area contributed by atoms with Crippen LogP contribution in [0.1, 0.15) is 5.56 Å². The highest BCUT2D eigenvalue weighted by Gasteiger charge is 2.13. The number of nitro benzene ring substituents is 1. The molecule has 0 amide bonds. The third kappa shape index (κ3) is 3.46. The summed E-state index contributed by atoms with van der Waals surface area (Å²) in [6.07, 6.45) is 0. The standard InChI is InChI=1S/C13H9BrClFN2O2/c14-10-6-9(2-3-11(10)15)17-7-8-1-4-13(18(19)20)12(16)5-8/h1-6,17H,7H2. The quantitative estimate of drug-likeness (QED) is 0.632. The lowest BCUT2D eigenvalue weighted by Gasteiger charge is -2.08. The third-order valence-corrected chi connectivity index (χ3v) is 3.84. The first kappa shape index (κ1) is 14.7. The fraction of sp³-hybridized carbons (Fsp3) is 0.0769. The Morgan fingerprint density at radius 1 is 1.30 bits per heavy atom. The minimum Gasteiger partial charge on any atom is -0.381 e. The zero-order valence-electron chi connectivity index (χ0n) is 10.1. The Balaban J connectivity index is 2.09.